The Balaban J connectivity index is 1.98. The van der Waals surface area contributed by atoms with Crippen molar-refractivity contribution in [3.8, 4) is 11.5 Å². The van der Waals surface area contributed by atoms with Crippen molar-refractivity contribution in [3.63, 3.8) is 0 Å². The van der Waals surface area contributed by atoms with Gasteiger partial charge < -0.3 is 20.1 Å². The maximum atomic E-state index is 12.0. The van der Waals surface area contributed by atoms with Crippen molar-refractivity contribution in [2.75, 3.05) is 37.9 Å². The molecule has 1 aliphatic heterocycles. The Hall–Kier alpha value is -1.77. The van der Waals surface area contributed by atoms with E-state index in [1.54, 1.807) is 17.4 Å². The zero-order chi connectivity index (χ0) is 16.2. The van der Waals surface area contributed by atoms with Crippen LogP contribution in [0.3, 0.4) is 0 Å². The minimum absolute atomic E-state index is 0.261. The molecule has 0 aromatic heterocycles. The number of carbonyl (C=O) groups excluding carboxylic acids is 1. The van der Waals surface area contributed by atoms with Crippen molar-refractivity contribution < 1.29 is 27.4 Å². The molecule has 22 heavy (non-hydrogen) atoms. The van der Waals surface area contributed by atoms with E-state index >= 15 is 0 Å². The van der Waals surface area contributed by atoms with E-state index in [4.69, 9.17) is 9.47 Å². The summed E-state index contributed by atoms with van der Waals surface area (Å²) in [4.78, 5) is 12.2. The third-order valence-corrected chi connectivity index (χ3v) is 3.57. The minimum atomic E-state index is -4.42. The molecule has 1 amide bonds. The number of carbonyl (C=O) groups is 1. The molecule has 0 radical (unpaired) electrons. The number of fused-ring (bicyclic) bond motifs is 1. The van der Waals surface area contributed by atoms with Gasteiger partial charge in [-0.05, 0) is 12.3 Å². The first-order chi connectivity index (χ1) is 10.4. The number of ether oxygens (including phenoxy) is 2. The lowest BCUT2D eigenvalue weighted by Crippen LogP contribution is -2.37. The van der Waals surface area contributed by atoms with Crippen LogP contribution in [0.15, 0.2) is 17.0 Å². The van der Waals surface area contributed by atoms with Gasteiger partial charge in [-0.25, -0.2) is 0 Å². The molecule has 0 saturated heterocycles. The molecule has 1 aromatic carbocycles. The second-order valence-electron chi connectivity index (χ2n) is 4.44. The Kier molecular flexibility index (Phi) is 5.28. The summed E-state index contributed by atoms with van der Waals surface area (Å²) in [6.45, 7) is -0.710. The number of anilines is 1. The van der Waals surface area contributed by atoms with Gasteiger partial charge in [-0.3, -0.25) is 4.79 Å². The lowest BCUT2D eigenvalue weighted by atomic mass is 10.2. The zero-order valence-corrected chi connectivity index (χ0v) is 12.6. The zero-order valence-electron chi connectivity index (χ0n) is 11.8. The predicted octanol–water partition coefficient (Wildman–Crippen LogP) is 2.27. The van der Waals surface area contributed by atoms with Crippen LogP contribution in [-0.2, 0) is 4.79 Å². The van der Waals surface area contributed by atoms with E-state index in [0.29, 0.717) is 30.4 Å². The monoisotopic (exact) mass is 336 g/mol. The number of halogens is 3. The van der Waals surface area contributed by atoms with E-state index in [1.165, 1.54) is 11.8 Å². The van der Waals surface area contributed by atoms with Gasteiger partial charge in [0.25, 0.3) is 0 Å². The summed E-state index contributed by atoms with van der Waals surface area (Å²) in [7, 11) is 0. The first-order valence-electron chi connectivity index (χ1n) is 6.44. The Bertz CT molecular complexity index is 552. The molecule has 0 aliphatic carbocycles. The molecule has 1 aliphatic rings. The Morgan fingerprint density at radius 1 is 1.27 bits per heavy atom. The quantitative estimate of drug-likeness (QED) is 0.808. The lowest BCUT2D eigenvalue weighted by Gasteiger charge is -2.21. The van der Waals surface area contributed by atoms with Gasteiger partial charge in [0.1, 0.15) is 19.8 Å². The smallest absolute Gasteiger partial charge is 0.405 e. The Morgan fingerprint density at radius 2 is 1.91 bits per heavy atom. The van der Waals surface area contributed by atoms with Gasteiger partial charge in [-0.1, -0.05) is 0 Å². The normalized spacial score (nSPS) is 13.6. The fourth-order valence-corrected chi connectivity index (χ4v) is 2.39. The van der Waals surface area contributed by atoms with E-state index in [9.17, 15) is 18.0 Å². The van der Waals surface area contributed by atoms with Crippen LogP contribution < -0.4 is 20.1 Å². The van der Waals surface area contributed by atoms with Crippen molar-refractivity contribution in [2.45, 2.75) is 11.1 Å². The van der Waals surface area contributed by atoms with Crippen LogP contribution >= 0.6 is 11.8 Å². The van der Waals surface area contributed by atoms with E-state index in [0.717, 1.165) is 4.90 Å². The summed E-state index contributed by atoms with van der Waals surface area (Å²) in [5, 5.41) is 4.62. The van der Waals surface area contributed by atoms with Gasteiger partial charge in [0.2, 0.25) is 5.91 Å². The van der Waals surface area contributed by atoms with Gasteiger partial charge in [-0.15, -0.1) is 11.8 Å². The summed E-state index contributed by atoms with van der Waals surface area (Å²) in [5.74, 6) is 0.421. The van der Waals surface area contributed by atoms with Gasteiger partial charge in [0.15, 0.2) is 11.5 Å². The van der Waals surface area contributed by atoms with Gasteiger partial charge >= 0.3 is 6.18 Å². The topological polar surface area (TPSA) is 59.6 Å². The van der Waals surface area contributed by atoms with E-state index in [2.05, 4.69) is 5.32 Å². The molecule has 0 spiro atoms. The number of hydrogen-bond donors (Lipinski definition) is 2. The van der Waals surface area contributed by atoms with Crippen molar-refractivity contribution in [2.24, 2.45) is 0 Å². The third-order valence-electron chi connectivity index (χ3n) is 2.79. The number of benzene rings is 1. The SMILES string of the molecule is CSc1cc2c(cc1NCC(=O)NCC(F)(F)F)OCCO2. The number of thioether (sulfide) groups is 1. The summed E-state index contributed by atoms with van der Waals surface area (Å²) in [6, 6.07) is 3.45. The van der Waals surface area contributed by atoms with Gasteiger partial charge in [0.05, 0.1) is 12.2 Å². The van der Waals surface area contributed by atoms with E-state index in [-0.39, 0.29) is 6.54 Å². The largest absolute Gasteiger partial charge is 0.486 e. The highest BCUT2D eigenvalue weighted by molar-refractivity contribution is 7.98. The molecular weight excluding hydrogens is 321 g/mol. The molecule has 0 saturated carbocycles. The summed E-state index contributed by atoms with van der Waals surface area (Å²) in [5.41, 5.74) is 0.610. The fraction of sp³-hybridized carbons (Fsp3) is 0.462. The van der Waals surface area contributed by atoms with Gasteiger partial charge in [0, 0.05) is 11.0 Å². The highest BCUT2D eigenvalue weighted by atomic mass is 32.2. The van der Waals surface area contributed by atoms with Crippen LogP contribution in [0.25, 0.3) is 0 Å². The van der Waals surface area contributed by atoms with Crippen molar-refractivity contribution in [1.82, 2.24) is 5.32 Å². The standard InChI is InChI=1S/C13H15F3N2O3S/c1-22-11-5-10-9(20-2-3-21-10)4-8(11)17-6-12(19)18-7-13(14,15)16/h4-5,17H,2-3,6-7H2,1H3,(H,18,19). The van der Waals surface area contributed by atoms with Crippen LogP contribution in [0.5, 0.6) is 11.5 Å². The van der Waals surface area contributed by atoms with Crippen LogP contribution in [0.1, 0.15) is 0 Å². The molecule has 0 unspecified atom stereocenters. The lowest BCUT2D eigenvalue weighted by molar-refractivity contribution is -0.137. The molecule has 0 fully saturated rings. The van der Waals surface area contributed by atoms with E-state index < -0.39 is 18.6 Å². The average Bonchev–Trinajstić information content (AvgIpc) is 2.49. The summed E-state index contributed by atoms with van der Waals surface area (Å²) in [6.07, 6.45) is -2.57. The second kappa shape index (κ2) is 6.99. The predicted molar refractivity (Wildman–Crippen MR) is 76.8 cm³/mol. The van der Waals surface area contributed by atoms with Gasteiger partial charge in [-0.2, -0.15) is 13.2 Å². The van der Waals surface area contributed by atoms with E-state index in [1.807, 2.05) is 6.26 Å². The minimum Gasteiger partial charge on any atom is -0.486 e. The Labute approximate surface area is 129 Å². The highest BCUT2D eigenvalue weighted by Gasteiger charge is 2.27. The van der Waals surface area contributed by atoms with Crippen molar-refractivity contribution in [1.29, 1.82) is 0 Å². The first-order valence-corrected chi connectivity index (χ1v) is 7.66. The maximum Gasteiger partial charge on any atom is 0.405 e. The molecule has 2 rings (SSSR count). The molecule has 1 heterocycles. The molecule has 9 heteroatoms. The number of alkyl halides is 3. The molecule has 0 atom stereocenters. The molecular formula is C13H15F3N2O3S. The summed E-state index contributed by atoms with van der Waals surface area (Å²) >= 11 is 1.43. The van der Waals surface area contributed by atoms with Crippen LogP contribution in [0.2, 0.25) is 0 Å². The fourth-order valence-electron chi connectivity index (χ4n) is 1.81. The number of hydrogen-bond acceptors (Lipinski definition) is 5. The van der Waals surface area contributed by atoms with Crippen LogP contribution in [-0.4, -0.2) is 44.6 Å². The third kappa shape index (κ3) is 4.62. The van der Waals surface area contributed by atoms with Crippen molar-refractivity contribution >= 4 is 23.4 Å². The van der Waals surface area contributed by atoms with Crippen molar-refractivity contribution in [3.05, 3.63) is 12.1 Å². The number of nitrogens with one attached hydrogen (secondary N) is 2. The first kappa shape index (κ1) is 16.6. The second-order valence-corrected chi connectivity index (χ2v) is 5.29. The van der Waals surface area contributed by atoms with Crippen LogP contribution in [0, 0.1) is 0 Å². The summed E-state index contributed by atoms with van der Waals surface area (Å²) < 4.78 is 46.9. The molecule has 1 aromatic rings. The highest BCUT2D eigenvalue weighted by Crippen LogP contribution is 2.39. The molecule has 122 valence electrons. The Morgan fingerprint density at radius 3 is 2.50 bits per heavy atom. The average molecular weight is 336 g/mol. The molecule has 0 bridgehead atoms. The van der Waals surface area contributed by atoms with Crippen LogP contribution in [0.4, 0.5) is 18.9 Å². The maximum absolute atomic E-state index is 12.0. The number of rotatable bonds is 5. The molecule has 2 N–H and O–H groups in total. The molecule has 5 nitrogen and oxygen atoms in total. The number of amides is 1.